The molecule has 2 N–H and O–H groups in total. The van der Waals surface area contributed by atoms with E-state index in [1.807, 2.05) is 4.90 Å². The van der Waals surface area contributed by atoms with E-state index >= 15 is 0 Å². The van der Waals surface area contributed by atoms with Gasteiger partial charge in [0.2, 0.25) is 5.91 Å². The van der Waals surface area contributed by atoms with Gasteiger partial charge in [0.15, 0.2) is 5.96 Å². The van der Waals surface area contributed by atoms with E-state index in [1.165, 1.54) is 0 Å². The molecule has 1 amide bonds. The van der Waals surface area contributed by atoms with Gasteiger partial charge < -0.3 is 15.5 Å². The Bertz CT molecular complexity index is 327. The first-order valence-electron chi connectivity index (χ1n) is 7.45. The van der Waals surface area contributed by atoms with Crippen LogP contribution in [0.1, 0.15) is 20.8 Å². The van der Waals surface area contributed by atoms with E-state index in [4.69, 9.17) is 0 Å². The average Bonchev–Trinajstić information content (AvgIpc) is 2.42. The number of amides is 1. The number of hydrogen-bond acceptors (Lipinski definition) is 3. The molecule has 21 heavy (non-hydrogen) atoms. The van der Waals surface area contributed by atoms with Crippen molar-refractivity contribution < 1.29 is 4.79 Å². The van der Waals surface area contributed by atoms with Crippen LogP contribution < -0.4 is 10.6 Å². The van der Waals surface area contributed by atoms with Crippen LogP contribution in [0.25, 0.3) is 0 Å². The van der Waals surface area contributed by atoms with Crippen molar-refractivity contribution in [3.63, 3.8) is 0 Å². The normalized spacial score (nSPS) is 16.6. The average molecular weight is 411 g/mol. The van der Waals surface area contributed by atoms with Gasteiger partial charge in [-0.15, -0.1) is 24.0 Å². The minimum atomic E-state index is 0. The molecule has 6 nitrogen and oxygen atoms in total. The molecule has 0 spiro atoms. The third-order valence-corrected chi connectivity index (χ3v) is 3.44. The maximum Gasteiger partial charge on any atom is 0.219 e. The van der Waals surface area contributed by atoms with Crippen molar-refractivity contribution in [1.82, 2.24) is 20.4 Å². The van der Waals surface area contributed by atoms with E-state index in [2.05, 4.69) is 34.4 Å². The number of hydrogen-bond donors (Lipinski definition) is 2. The van der Waals surface area contributed by atoms with Crippen LogP contribution in [0.4, 0.5) is 0 Å². The summed E-state index contributed by atoms with van der Waals surface area (Å²) >= 11 is 0. The molecule has 0 unspecified atom stereocenters. The molecule has 0 aromatic rings. The number of carbonyl (C=O) groups excluding carboxylic acids is 1. The van der Waals surface area contributed by atoms with Crippen LogP contribution in [0.3, 0.4) is 0 Å². The van der Waals surface area contributed by atoms with Crippen molar-refractivity contribution in [2.24, 2.45) is 10.9 Å². The predicted molar refractivity (Wildman–Crippen MR) is 98.3 cm³/mol. The predicted octanol–water partition coefficient (Wildman–Crippen LogP) is 0.590. The maximum atomic E-state index is 11.2. The van der Waals surface area contributed by atoms with Gasteiger partial charge in [0.1, 0.15) is 0 Å². The highest BCUT2D eigenvalue weighted by Gasteiger charge is 2.17. The van der Waals surface area contributed by atoms with Crippen molar-refractivity contribution in [3.05, 3.63) is 0 Å². The molecule has 0 bridgehead atoms. The highest BCUT2D eigenvalue weighted by molar-refractivity contribution is 14.0. The lowest BCUT2D eigenvalue weighted by atomic mass is 10.2. The highest BCUT2D eigenvalue weighted by Crippen LogP contribution is 2.00. The number of piperazine rings is 1. The van der Waals surface area contributed by atoms with Gasteiger partial charge >= 0.3 is 0 Å². The molecule has 124 valence electrons. The summed E-state index contributed by atoms with van der Waals surface area (Å²) in [7, 11) is 1.79. The summed E-state index contributed by atoms with van der Waals surface area (Å²) < 4.78 is 0. The second kappa shape index (κ2) is 11.1. The third-order valence-electron chi connectivity index (χ3n) is 3.44. The summed E-state index contributed by atoms with van der Waals surface area (Å²) in [6.07, 6.45) is 0. The fourth-order valence-corrected chi connectivity index (χ4v) is 2.14. The largest absolute Gasteiger partial charge is 0.356 e. The van der Waals surface area contributed by atoms with Gasteiger partial charge in [0.25, 0.3) is 0 Å². The van der Waals surface area contributed by atoms with Crippen LogP contribution in [0.2, 0.25) is 0 Å². The van der Waals surface area contributed by atoms with Crippen molar-refractivity contribution in [3.8, 4) is 0 Å². The van der Waals surface area contributed by atoms with E-state index in [9.17, 15) is 4.79 Å². The smallest absolute Gasteiger partial charge is 0.219 e. The number of halogens is 1. The van der Waals surface area contributed by atoms with Gasteiger partial charge in [0.05, 0.1) is 0 Å². The number of rotatable bonds is 5. The van der Waals surface area contributed by atoms with Crippen LogP contribution in [0, 0.1) is 5.92 Å². The Morgan fingerprint density at radius 1 is 1.19 bits per heavy atom. The van der Waals surface area contributed by atoms with E-state index in [0.717, 1.165) is 51.8 Å². The van der Waals surface area contributed by atoms with Gasteiger partial charge in [-0.3, -0.25) is 14.7 Å². The Hall–Kier alpha value is -0.570. The first-order chi connectivity index (χ1) is 9.52. The van der Waals surface area contributed by atoms with E-state index in [-0.39, 0.29) is 29.9 Å². The molecule has 0 aromatic heterocycles. The van der Waals surface area contributed by atoms with Gasteiger partial charge in [-0.2, -0.15) is 0 Å². The van der Waals surface area contributed by atoms with Crippen LogP contribution >= 0.6 is 24.0 Å². The Morgan fingerprint density at radius 2 is 1.81 bits per heavy atom. The molecule has 1 fully saturated rings. The number of nitrogens with zero attached hydrogens (tertiary/aromatic N) is 3. The number of carbonyl (C=O) groups is 1. The summed E-state index contributed by atoms with van der Waals surface area (Å²) in [5, 5.41) is 6.62. The lowest BCUT2D eigenvalue weighted by molar-refractivity contribution is -0.130. The zero-order valence-electron chi connectivity index (χ0n) is 13.7. The molecule has 7 heteroatoms. The summed E-state index contributed by atoms with van der Waals surface area (Å²) in [5.41, 5.74) is 0. The van der Waals surface area contributed by atoms with Gasteiger partial charge in [0, 0.05) is 59.8 Å². The second-order valence-electron chi connectivity index (χ2n) is 5.62. The number of guanidine groups is 1. The highest BCUT2D eigenvalue weighted by atomic mass is 127. The Kier molecular flexibility index (Phi) is 10.8. The Morgan fingerprint density at radius 3 is 2.29 bits per heavy atom. The fraction of sp³-hybridized carbons (Fsp3) is 0.857. The Labute approximate surface area is 145 Å². The zero-order valence-corrected chi connectivity index (χ0v) is 16.0. The number of nitrogens with one attached hydrogen (secondary N) is 2. The SMILES string of the molecule is CN=C(NCCN1CCN(C(C)=O)CC1)NCC(C)C.I. The zero-order chi connectivity index (χ0) is 15.0. The molecule has 0 radical (unpaired) electrons. The van der Waals surface area contributed by atoms with Crippen molar-refractivity contribution in [1.29, 1.82) is 0 Å². The molecule has 1 aliphatic heterocycles. The Balaban J connectivity index is 0.00000400. The minimum Gasteiger partial charge on any atom is -0.356 e. The molecular weight excluding hydrogens is 381 g/mol. The van der Waals surface area contributed by atoms with Crippen LogP contribution in [-0.4, -0.2) is 74.5 Å². The van der Waals surface area contributed by atoms with E-state index in [1.54, 1.807) is 14.0 Å². The summed E-state index contributed by atoms with van der Waals surface area (Å²) in [6, 6.07) is 0. The van der Waals surface area contributed by atoms with Crippen LogP contribution in [0.15, 0.2) is 4.99 Å². The molecule has 0 aromatic carbocycles. The maximum absolute atomic E-state index is 11.2. The van der Waals surface area contributed by atoms with Crippen LogP contribution in [-0.2, 0) is 4.79 Å². The molecule has 0 saturated carbocycles. The topological polar surface area (TPSA) is 60.0 Å². The first-order valence-corrected chi connectivity index (χ1v) is 7.45. The van der Waals surface area contributed by atoms with Crippen molar-refractivity contribution in [2.75, 3.05) is 52.9 Å². The molecule has 1 aliphatic rings. The lowest BCUT2D eigenvalue weighted by Gasteiger charge is -2.34. The summed E-state index contributed by atoms with van der Waals surface area (Å²) in [5.74, 6) is 1.65. The second-order valence-corrected chi connectivity index (χ2v) is 5.62. The van der Waals surface area contributed by atoms with Crippen LogP contribution in [0.5, 0.6) is 0 Å². The molecular formula is C14H30IN5O. The van der Waals surface area contributed by atoms with Gasteiger partial charge in [-0.1, -0.05) is 13.8 Å². The van der Waals surface area contributed by atoms with Crippen molar-refractivity contribution >= 4 is 35.8 Å². The molecule has 1 rings (SSSR count). The van der Waals surface area contributed by atoms with Crippen molar-refractivity contribution in [2.45, 2.75) is 20.8 Å². The first kappa shape index (κ1) is 20.4. The molecule has 0 aliphatic carbocycles. The minimum absolute atomic E-state index is 0. The fourth-order valence-electron chi connectivity index (χ4n) is 2.14. The van der Waals surface area contributed by atoms with E-state index < -0.39 is 0 Å². The molecule has 1 heterocycles. The standard InChI is InChI=1S/C14H29N5O.HI/c1-12(2)11-17-14(15-4)16-5-6-18-7-9-19(10-8-18)13(3)20;/h12H,5-11H2,1-4H3,(H2,15,16,17);1H. The summed E-state index contributed by atoms with van der Waals surface area (Å²) in [6.45, 7) is 12.4. The van der Waals surface area contributed by atoms with E-state index in [0.29, 0.717) is 5.92 Å². The molecule has 1 saturated heterocycles. The lowest BCUT2D eigenvalue weighted by Crippen LogP contribution is -2.50. The quantitative estimate of drug-likeness (QED) is 0.395. The van der Waals surface area contributed by atoms with Gasteiger partial charge in [-0.25, -0.2) is 0 Å². The number of aliphatic imine (C=N–C) groups is 1. The third kappa shape index (κ3) is 8.45. The monoisotopic (exact) mass is 411 g/mol. The van der Waals surface area contributed by atoms with Gasteiger partial charge in [-0.05, 0) is 5.92 Å². The summed E-state index contributed by atoms with van der Waals surface area (Å²) in [4.78, 5) is 19.7. The molecule has 0 atom stereocenters.